The van der Waals surface area contributed by atoms with Crippen molar-refractivity contribution in [2.75, 3.05) is 33.0 Å². The number of ether oxygens (including phenoxy) is 2. The Bertz CT molecular complexity index is 860. The number of amides is 2. The van der Waals surface area contributed by atoms with Crippen molar-refractivity contribution in [2.45, 2.75) is 19.3 Å². The first-order valence-electron chi connectivity index (χ1n) is 9.59. The van der Waals surface area contributed by atoms with Gasteiger partial charge in [0, 0.05) is 45.4 Å². The number of nitrogens with zero attached hydrogens (tertiary/aromatic N) is 2. The lowest BCUT2D eigenvalue weighted by Gasteiger charge is -2.35. The molecule has 4 rings (SSSR count). The summed E-state index contributed by atoms with van der Waals surface area (Å²) in [6, 6.07) is 15.9. The van der Waals surface area contributed by atoms with Crippen molar-refractivity contribution in [3.63, 3.8) is 0 Å². The molecule has 1 atom stereocenters. The van der Waals surface area contributed by atoms with Crippen LogP contribution in [0.15, 0.2) is 48.5 Å². The predicted molar refractivity (Wildman–Crippen MR) is 104 cm³/mol. The Balaban J connectivity index is 1.53. The van der Waals surface area contributed by atoms with Crippen LogP contribution in [0.5, 0.6) is 11.5 Å². The molecule has 6 nitrogen and oxygen atoms in total. The zero-order valence-electron chi connectivity index (χ0n) is 16.0. The van der Waals surface area contributed by atoms with Gasteiger partial charge in [-0.2, -0.15) is 0 Å². The van der Waals surface area contributed by atoms with Crippen LogP contribution < -0.4 is 9.47 Å². The van der Waals surface area contributed by atoms with Crippen LogP contribution in [0.4, 0.5) is 0 Å². The molecule has 2 aliphatic heterocycles. The van der Waals surface area contributed by atoms with Crippen LogP contribution in [0.3, 0.4) is 0 Å². The van der Waals surface area contributed by atoms with Crippen LogP contribution in [-0.2, 0) is 9.59 Å². The van der Waals surface area contributed by atoms with Crippen LogP contribution >= 0.6 is 0 Å². The Labute approximate surface area is 164 Å². The van der Waals surface area contributed by atoms with Gasteiger partial charge >= 0.3 is 0 Å². The Hall–Kier alpha value is -3.02. The Morgan fingerprint density at radius 1 is 0.893 bits per heavy atom. The van der Waals surface area contributed by atoms with Gasteiger partial charge in [0.05, 0.1) is 0 Å². The molecular weight excluding hydrogens is 356 g/mol. The smallest absolute Gasteiger partial charge is 0.231 e. The fourth-order valence-electron chi connectivity index (χ4n) is 3.82. The summed E-state index contributed by atoms with van der Waals surface area (Å²) in [4.78, 5) is 28.2. The topological polar surface area (TPSA) is 59.1 Å². The molecule has 0 bridgehead atoms. The summed E-state index contributed by atoms with van der Waals surface area (Å²) in [7, 11) is 0. The quantitative estimate of drug-likeness (QED) is 0.818. The number of carbonyl (C=O) groups is 2. The average Bonchev–Trinajstić information content (AvgIpc) is 3.20. The number of hydrogen-bond donors (Lipinski definition) is 0. The summed E-state index contributed by atoms with van der Waals surface area (Å²) in [6.45, 7) is 4.17. The monoisotopic (exact) mass is 380 g/mol. The van der Waals surface area contributed by atoms with E-state index in [9.17, 15) is 9.59 Å². The standard InChI is InChI=1S/C22H24N2O4/c1-16(25)23-9-11-24(12-10-23)22(26)14-19(17-5-3-2-4-6-17)18-7-8-20-21(13-18)28-15-27-20/h2-8,13,19H,9-12,14-15H2,1H3/t19-/m1/s1. The zero-order valence-corrected chi connectivity index (χ0v) is 16.0. The molecule has 6 heteroatoms. The van der Waals surface area contributed by atoms with E-state index in [1.165, 1.54) is 0 Å². The van der Waals surface area contributed by atoms with Crippen molar-refractivity contribution in [1.29, 1.82) is 0 Å². The van der Waals surface area contributed by atoms with Crippen LogP contribution in [0.1, 0.15) is 30.4 Å². The maximum atomic E-state index is 13.0. The molecule has 28 heavy (non-hydrogen) atoms. The van der Waals surface area contributed by atoms with Crippen LogP contribution in [-0.4, -0.2) is 54.6 Å². The Kier molecular flexibility index (Phi) is 5.19. The molecule has 0 aromatic heterocycles. The summed E-state index contributed by atoms with van der Waals surface area (Å²) < 4.78 is 10.9. The molecule has 0 radical (unpaired) electrons. The second-order valence-electron chi connectivity index (χ2n) is 7.17. The minimum absolute atomic E-state index is 0.0611. The van der Waals surface area contributed by atoms with E-state index in [4.69, 9.17) is 9.47 Å². The highest BCUT2D eigenvalue weighted by Gasteiger charge is 2.27. The van der Waals surface area contributed by atoms with Gasteiger partial charge in [0.15, 0.2) is 11.5 Å². The van der Waals surface area contributed by atoms with Crippen molar-refractivity contribution < 1.29 is 19.1 Å². The second-order valence-corrected chi connectivity index (χ2v) is 7.17. The average molecular weight is 380 g/mol. The fraction of sp³-hybridized carbons (Fsp3) is 0.364. The van der Waals surface area contributed by atoms with Gasteiger partial charge in [-0.1, -0.05) is 36.4 Å². The molecule has 0 spiro atoms. The molecule has 146 valence electrons. The fourth-order valence-corrected chi connectivity index (χ4v) is 3.82. The number of fused-ring (bicyclic) bond motifs is 1. The van der Waals surface area contributed by atoms with Gasteiger partial charge in [-0.15, -0.1) is 0 Å². The van der Waals surface area contributed by atoms with Crippen molar-refractivity contribution in [3.8, 4) is 11.5 Å². The maximum absolute atomic E-state index is 13.0. The number of carbonyl (C=O) groups excluding carboxylic acids is 2. The molecular formula is C22H24N2O4. The van der Waals surface area contributed by atoms with Crippen molar-refractivity contribution in [1.82, 2.24) is 9.80 Å². The largest absolute Gasteiger partial charge is 0.454 e. The third kappa shape index (κ3) is 3.81. The molecule has 0 saturated carbocycles. The van der Waals surface area contributed by atoms with E-state index >= 15 is 0 Å². The van der Waals surface area contributed by atoms with Crippen molar-refractivity contribution in [2.24, 2.45) is 0 Å². The molecule has 0 aliphatic carbocycles. The molecule has 2 aromatic rings. The molecule has 2 aliphatic rings. The van der Waals surface area contributed by atoms with E-state index in [2.05, 4.69) is 12.1 Å². The summed E-state index contributed by atoms with van der Waals surface area (Å²) >= 11 is 0. The van der Waals surface area contributed by atoms with Crippen LogP contribution in [0.2, 0.25) is 0 Å². The van der Waals surface area contributed by atoms with Gasteiger partial charge in [-0.3, -0.25) is 9.59 Å². The van der Waals surface area contributed by atoms with Crippen LogP contribution in [0.25, 0.3) is 0 Å². The number of piperazine rings is 1. The Morgan fingerprint density at radius 2 is 1.57 bits per heavy atom. The van der Waals surface area contributed by atoms with E-state index < -0.39 is 0 Å². The highest BCUT2D eigenvalue weighted by atomic mass is 16.7. The summed E-state index contributed by atoms with van der Waals surface area (Å²) in [6.07, 6.45) is 0.379. The van der Waals surface area contributed by atoms with E-state index in [0.29, 0.717) is 32.6 Å². The normalized spacial score (nSPS) is 16.8. The van der Waals surface area contributed by atoms with Gasteiger partial charge < -0.3 is 19.3 Å². The number of rotatable bonds is 4. The lowest BCUT2D eigenvalue weighted by atomic mass is 9.88. The molecule has 1 fully saturated rings. The Morgan fingerprint density at radius 3 is 2.29 bits per heavy atom. The van der Waals surface area contributed by atoms with Gasteiger partial charge in [0.2, 0.25) is 18.6 Å². The first-order valence-corrected chi connectivity index (χ1v) is 9.59. The number of hydrogen-bond acceptors (Lipinski definition) is 4. The predicted octanol–water partition coefficient (Wildman–Crippen LogP) is 2.63. The minimum Gasteiger partial charge on any atom is -0.454 e. The molecule has 2 aromatic carbocycles. The molecule has 2 heterocycles. The summed E-state index contributed by atoms with van der Waals surface area (Å²) in [5.41, 5.74) is 2.13. The lowest BCUT2D eigenvalue weighted by molar-refractivity contribution is -0.138. The molecule has 1 saturated heterocycles. The lowest BCUT2D eigenvalue weighted by Crippen LogP contribution is -2.50. The minimum atomic E-state index is -0.0611. The molecule has 0 N–H and O–H groups in total. The van der Waals surface area contributed by atoms with Gasteiger partial charge in [-0.05, 0) is 23.3 Å². The first kappa shape index (κ1) is 18.3. The van der Waals surface area contributed by atoms with E-state index in [1.807, 2.05) is 41.3 Å². The summed E-state index contributed by atoms with van der Waals surface area (Å²) in [5.74, 6) is 1.57. The van der Waals surface area contributed by atoms with Gasteiger partial charge in [-0.25, -0.2) is 0 Å². The molecule has 0 unspecified atom stereocenters. The third-order valence-corrected chi connectivity index (χ3v) is 5.46. The highest BCUT2D eigenvalue weighted by Crippen LogP contribution is 2.37. The van der Waals surface area contributed by atoms with E-state index in [-0.39, 0.29) is 24.5 Å². The molecule has 2 amide bonds. The second kappa shape index (κ2) is 7.92. The van der Waals surface area contributed by atoms with Crippen molar-refractivity contribution >= 4 is 11.8 Å². The van der Waals surface area contributed by atoms with E-state index in [1.54, 1.807) is 11.8 Å². The number of benzene rings is 2. The zero-order chi connectivity index (χ0) is 19.5. The summed E-state index contributed by atoms with van der Waals surface area (Å²) in [5, 5.41) is 0. The first-order chi connectivity index (χ1) is 13.6. The van der Waals surface area contributed by atoms with Gasteiger partial charge in [0.25, 0.3) is 0 Å². The SMILES string of the molecule is CC(=O)N1CCN(C(=O)C[C@H](c2ccccc2)c2ccc3c(c2)OCO3)CC1. The van der Waals surface area contributed by atoms with Crippen molar-refractivity contribution in [3.05, 3.63) is 59.7 Å². The highest BCUT2D eigenvalue weighted by molar-refractivity contribution is 5.79. The van der Waals surface area contributed by atoms with Crippen LogP contribution in [0, 0.1) is 0 Å². The third-order valence-electron chi connectivity index (χ3n) is 5.46. The van der Waals surface area contributed by atoms with Gasteiger partial charge in [0.1, 0.15) is 0 Å². The maximum Gasteiger partial charge on any atom is 0.231 e. The van der Waals surface area contributed by atoms with E-state index in [0.717, 1.165) is 22.6 Å².